The van der Waals surface area contributed by atoms with E-state index in [1.165, 1.54) is 14.2 Å². The van der Waals surface area contributed by atoms with Crippen molar-refractivity contribution in [3.63, 3.8) is 0 Å². The molecule has 1 unspecified atom stereocenters. The minimum Gasteiger partial charge on any atom is -0.496 e. The molecule has 0 saturated carbocycles. The van der Waals surface area contributed by atoms with Crippen LogP contribution in [0.4, 0.5) is 0 Å². The Kier molecular flexibility index (Phi) is 5.08. The summed E-state index contributed by atoms with van der Waals surface area (Å²) in [6.45, 7) is 0. The molecule has 1 aliphatic rings. The van der Waals surface area contributed by atoms with E-state index < -0.39 is 0 Å². The zero-order chi connectivity index (χ0) is 15.6. The molecule has 5 nitrogen and oxygen atoms in total. The molecule has 1 aromatic rings. The number of ether oxygens (including phenoxy) is 3. The molecule has 21 heavy (non-hydrogen) atoms. The molecular weight excluding hydrogens is 387 g/mol. The van der Waals surface area contributed by atoms with E-state index in [0.717, 1.165) is 9.13 Å². The van der Waals surface area contributed by atoms with Crippen LogP contribution in [0.5, 0.6) is 11.5 Å². The number of carbonyl (C=O) groups excluding carboxylic acids is 2. The largest absolute Gasteiger partial charge is 0.496 e. The maximum Gasteiger partial charge on any atom is 0.305 e. The first kappa shape index (κ1) is 16.1. The molecule has 6 heteroatoms. The van der Waals surface area contributed by atoms with Gasteiger partial charge >= 0.3 is 5.97 Å². The summed E-state index contributed by atoms with van der Waals surface area (Å²) < 4.78 is 16.2. The van der Waals surface area contributed by atoms with E-state index in [1.54, 1.807) is 13.2 Å². The van der Waals surface area contributed by atoms with Crippen LogP contribution < -0.4 is 9.47 Å². The van der Waals surface area contributed by atoms with Crippen molar-refractivity contribution in [2.75, 3.05) is 21.3 Å². The third-order valence-corrected chi connectivity index (χ3v) is 4.84. The fourth-order valence-electron chi connectivity index (χ4n) is 2.66. The quantitative estimate of drug-likeness (QED) is 0.571. The van der Waals surface area contributed by atoms with Gasteiger partial charge in [-0.15, -0.1) is 0 Å². The molecule has 0 saturated heterocycles. The predicted molar refractivity (Wildman–Crippen MR) is 85.0 cm³/mol. The van der Waals surface area contributed by atoms with Gasteiger partial charge in [0.05, 0.1) is 30.5 Å². The maximum absolute atomic E-state index is 12.4. The van der Waals surface area contributed by atoms with Crippen LogP contribution in [0.25, 0.3) is 0 Å². The fraction of sp³-hybridized carbons (Fsp3) is 0.467. The van der Waals surface area contributed by atoms with E-state index in [0.29, 0.717) is 29.9 Å². The fourth-order valence-corrected chi connectivity index (χ4v) is 3.52. The third kappa shape index (κ3) is 3.14. The monoisotopic (exact) mass is 404 g/mol. The minimum atomic E-state index is -0.291. The Labute approximate surface area is 137 Å². The highest BCUT2D eigenvalue weighted by molar-refractivity contribution is 14.1. The van der Waals surface area contributed by atoms with E-state index in [1.807, 2.05) is 0 Å². The molecule has 1 atom stereocenters. The number of ketones is 1. The second kappa shape index (κ2) is 6.64. The van der Waals surface area contributed by atoms with Gasteiger partial charge in [0.1, 0.15) is 11.5 Å². The van der Waals surface area contributed by atoms with Gasteiger partial charge in [0, 0.05) is 18.9 Å². The number of halogens is 1. The molecule has 114 valence electrons. The minimum absolute atomic E-state index is 0.00238. The first-order valence-electron chi connectivity index (χ1n) is 6.55. The van der Waals surface area contributed by atoms with Gasteiger partial charge in [0.25, 0.3) is 0 Å². The van der Waals surface area contributed by atoms with E-state index >= 15 is 0 Å². The molecule has 0 radical (unpaired) electrons. The molecule has 0 heterocycles. The molecule has 2 rings (SSSR count). The van der Waals surface area contributed by atoms with Gasteiger partial charge in [-0.1, -0.05) is 0 Å². The van der Waals surface area contributed by atoms with Gasteiger partial charge in [-0.25, -0.2) is 0 Å². The van der Waals surface area contributed by atoms with Crippen LogP contribution in [-0.2, 0) is 16.0 Å². The highest BCUT2D eigenvalue weighted by Gasteiger charge is 2.32. The number of esters is 1. The van der Waals surface area contributed by atoms with Crippen molar-refractivity contribution in [3.8, 4) is 11.5 Å². The summed E-state index contributed by atoms with van der Waals surface area (Å²) in [4.78, 5) is 23.9. The van der Waals surface area contributed by atoms with Gasteiger partial charge in [-0.3, -0.25) is 9.59 Å². The number of hydrogen-bond donors (Lipinski definition) is 0. The van der Waals surface area contributed by atoms with Crippen molar-refractivity contribution in [1.29, 1.82) is 0 Å². The van der Waals surface area contributed by atoms with Gasteiger partial charge < -0.3 is 14.2 Å². The molecule has 0 aliphatic heterocycles. The van der Waals surface area contributed by atoms with E-state index in [2.05, 4.69) is 22.6 Å². The Hall–Kier alpha value is -1.31. The van der Waals surface area contributed by atoms with E-state index in [-0.39, 0.29) is 24.1 Å². The van der Waals surface area contributed by atoms with Crippen LogP contribution >= 0.6 is 22.6 Å². The number of Topliss-reactive ketones (excluding diaryl/α,β-unsaturated/α-hetero) is 1. The molecule has 0 spiro atoms. The Morgan fingerprint density at radius 2 is 1.90 bits per heavy atom. The average Bonchev–Trinajstić information content (AvgIpc) is 2.48. The highest BCUT2D eigenvalue weighted by atomic mass is 127. The van der Waals surface area contributed by atoms with Gasteiger partial charge in [-0.2, -0.15) is 0 Å². The molecule has 0 aromatic heterocycles. The molecule has 0 bridgehead atoms. The van der Waals surface area contributed by atoms with Crippen LogP contribution in [0, 0.1) is 9.49 Å². The van der Waals surface area contributed by atoms with Crippen molar-refractivity contribution >= 4 is 34.3 Å². The summed E-state index contributed by atoms with van der Waals surface area (Å²) in [5, 5.41) is 0. The highest BCUT2D eigenvalue weighted by Crippen LogP contribution is 2.40. The second-order valence-electron chi connectivity index (χ2n) is 4.93. The first-order valence-corrected chi connectivity index (χ1v) is 7.63. The third-order valence-electron chi connectivity index (χ3n) is 3.66. The van der Waals surface area contributed by atoms with Crippen LogP contribution in [-0.4, -0.2) is 33.1 Å². The zero-order valence-electron chi connectivity index (χ0n) is 12.2. The SMILES string of the molecule is COC(=O)CC1CC(=O)c2c(OC)cc(OC)c(I)c2C1. The van der Waals surface area contributed by atoms with Gasteiger partial charge in [0.15, 0.2) is 5.78 Å². The number of benzene rings is 1. The Bertz CT molecular complexity index is 582. The van der Waals surface area contributed by atoms with Crippen LogP contribution in [0.2, 0.25) is 0 Å². The summed E-state index contributed by atoms with van der Waals surface area (Å²) in [6, 6.07) is 1.74. The van der Waals surface area contributed by atoms with Gasteiger partial charge in [0.2, 0.25) is 0 Å². The number of carbonyl (C=O) groups is 2. The van der Waals surface area contributed by atoms with Crippen LogP contribution in [0.1, 0.15) is 28.8 Å². The van der Waals surface area contributed by atoms with Crippen molar-refractivity contribution in [2.24, 2.45) is 5.92 Å². The lowest BCUT2D eigenvalue weighted by atomic mass is 9.81. The second-order valence-corrected chi connectivity index (χ2v) is 6.01. The smallest absolute Gasteiger partial charge is 0.305 e. The summed E-state index contributed by atoms with van der Waals surface area (Å²) in [7, 11) is 4.48. The number of methoxy groups -OCH3 is 3. The van der Waals surface area contributed by atoms with E-state index in [4.69, 9.17) is 14.2 Å². The summed E-state index contributed by atoms with van der Waals surface area (Å²) in [5.74, 6) is 0.882. The van der Waals surface area contributed by atoms with Crippen LogP contribution in [0.15, 0.2) is 6.07 Å². The van der Waals surface area contributed by atoms with E-state index in [9.17, 15) is 9.59 Å². The molecule has 0 amide bonds. The normalized spacial score (nSPS) is 17.1. The molecular formula is C15H17IO5. The van der Waals surface area contributed by atoms with Crippen LogP contribution in [0.3, 0.4) is 0 Å². The lowest BCUT2D eigenvalue weighted by Crippen LogP contribution is -2.24. The Balaban J connectivity index is 2.44. The van der Waals surface area contributed by atoms with Crippen molar-refractivity contribution in [3.05, 3.63) is 20.8 Å². The predicted octanol–water partition coefficient (Wildman–Crippen LogP) is 2.62. The topological polar surface area (TPSA) is 61.8 Å². The number of rotatable bonds is 4. The molecule has 0 fully saturated rings. The number of hydrogen-bond acceptors (Lipinski definition) is 5. The average molecular weight is 404 g/mol. The lowest BCUT2D eigenvalue weighted by molar-refractivity contribution is -0.141. The van der Waals surface area contributed by atoms with Gasteiger partial charge in [-0.05, 0) is 40.5 Å². The maximum atomic E-state index is 12.4. The summed E-state index contributed by atoms with van der Waals surface area (Å²) >= 11 is 2.17. The summed E-state index contributed by atoms with van der Waals surface area (Å²) in [5.41, 5.74) is 1.51. The molecule has 0 N–H and O–H groups in total. The molecule has 1 aliphatic carbocycles. The Morgan fingerprint density at radius 3 is 2.48 bits per heavy atom. The van der Waals surface area contributed by atoms with Crippen molar-refractivity contribution in [1.82, 2.24) is 0 Å². The van der Waals surface area contributed by atoms with Crippen molar-refractivity contribution in [2.45, 2.75) is 19.3 Å². The molecule has 1 aromatic carbocycles. The first-order chi connectivity index (χ1) is 10.0. The lowest BCUT2D eigenvalue weighted by Gasteiger charge is -2.26. The standard InChI is InChI=1S/C15H17IO5/c1-19-11-7-12(20-2)15(16)9-4-8(6-13(18)21-3)5-10(17)14(9)11/h7-8H,4-6H2,1-3H3. The van der Waals surface area contributed by atoms with Crippen molar-refractivity contribution < 1.29 is 23.8 Å². The number of fused-ring (bicyclic) bond motifs is 1. The Morgan fingerprint density at radius 1 is 1.24 bits per heavy atom. The summed E-state index contributed by atoms with van der Waals surface area (Å²) in [6.07, 6.45) is 1.22. The zero-order valence-corrected chi connectivity index (χ0v) is 14.4.